The lowest BCUT2D eigenvalue weighted by Gasteiger charge is -2.23. The monoisotopic (exact) mass is 390 g/mol. The third kappa shape index (κ3) is 6.55. The number of hydroxylamine groups is 2. The fraction of sp³-hybridized carbons (Fsp3) is 0.350. The highest BCUT2D eigenvalue weighted by atomic mass is 32.2. The van der Waals surface area contributed by atoms with Gasteiger partial charge in [-0.3, -0.25) is 9.63 Å². The number of rotatable bonds is 9. The number of carbonyl (C=O) groups is 1. The third-order valence-electron chi connectivity index (χ3n) is 4.23. The van der Waals surface area contributed by atoms with Gasteiger partial charge in [-0.15, -0.1) is 0 Å². The van der Waals surface area contributed by atoms with Crippen molar-refractivity contribution in [1.82, 2.24) is 9.79 Å². The molecule has 0 saturated carbocycles. The van der Waals surface area contributed by atoms with Crippen molar-refractivity contribution in [3.05, 3.63) is 65.7 Å². The van der Waals surface area contributed by atoms with Gasteiger partial charge in [0.25, 0.3) is 0 Å². The molecule has 0 saturated heterocycles. The lowest BCUT2D eigenvalue weighted by atomic mass is 10.00. The number of aliphatic hydroxyl groups is 1. The van der Waals surface area contributed by atoms with E-state index in [0.717, 1.165) is 16.2 Å². The van der Waals surface area contributed by atoms with Crippen LogP contribution in [0.5, 0.6) is 0 Å². The first-order chi connectivity index (χ1) is 12.9. The van der Waals surface area contributed by atoms with Crippen molar-refractivity contribution in [2.24, 2.45) is 0 Å². The van der Waals surface area contributed by atoms with E-state index in [1.54, 1.807) is 0 Å². The predicted molar refractivity (Wildman–Crippen MR) is 105 cm³/mol. The van der Waals surface area contributed by atoms with Crippen LogP contribution in [0, 0.1) is 6.92 Å². The molecule has 6 nitrogen and oxygen atoms in total. The second-order valence-corrected chi connectivity index (χ2v) is 7.57. The van der Waals surface area contributed by atoms with Gasteiger partial charge in [0.15, 0.2) is 0 Å². The molecule has 3 atom stereocenters. The van der Waals surface area contributed by atoms with Gasteiger partial charge >= 0.3 is 0 Å². The van der Waals surface area contributed by atoms with E-state index in [1.807, 2.05) is 61.5 Å². The SMILES string of the molecule is CON(C)C(=O)C[C@@H](O)C[C@@H](N[S@@](=O)c1ccc(C)cc1)c1ccccc1. The van der Waals surface area contributed by atoms with Crippen molar-refractivity contribution in [3.8, 4) is 0 Å². The van der Waals surface area contributed by atoms with Crippen molar-refractivity contribution >= 4 is 16.9 Å². The Balaban J connectivity index is 2.11. The molecule has 0 aromatic heterocycles. The molecule has 0 aliphatic heterocycles. The summed E-state index contributed by atoms with van der Waals surface area (Å²) in [5.41, 5.74) is 1.98. The molecule has 146 valence electrons. The van der Waals surface area contributed by atoms with Gasteiger partial charge in [0.1, 0.15) is 11.0 Å². The van der Waals surface area contributed by atoms with E-state index >= 15 is 0 Å². The van der Waals surface area contributed by atoms with Gasteiger partial charge in [-0.25, -0.2) is 14.0 Å². The summed E-state index contributed by atoms with van der Waals surface area (Å²) in [5.74, 6) is -0.323. The number of hydrogen-bond acceptors (Lipinski definition) is 4. The molecule has 0 aliphatic carbocycles. The summed E-state index contributed by atoms with van der Waals surface area (Å²) in [7, 11) is 1.44. The second-order valence-electron chi connectivity index (χ2n) is 6.33. The van der Waals surface area contributed by atoms with E-state index in [2.05, 4.69) is 4.72 Å². The van der Waals surface area contributed by atoms with Crippen LogP contribution in [-0.2, 0) is 20.6 Å². The second kappa shape index (κ2) is 10.3. The van der Waals surface area contributed by atoms with E-state index in [9.17, 15) is 14.1 Å². The number of benzene rings is 2. The summed E-state index contributed by atoms with van der Waals surface area (Å²) in [4.78, 5) is 17.4. The predicted octanol–water partition coefficient (Wildman–Crippen LogP) is 2.51. The Bertz CT molecular complexity index is 752. The van der Waals surface area contributed by atoms with Crippen LogP contribution in [0.2, 0.25) is 0 Å². The Morgan fingerprint density at radius 3 is 2.41 bits per heavy atom. The van der Waals surface area contributed by atoms with Gasteiger partial charge in [-0.2, -0.15) is 0 Å². The number of hydrogen-bond donors (Lipinski definition) is 2. The topological polar surface area (TPSA) is 78.9 Å². The molecule has 2 rings (SSSR count). The Hall–Kier alpha value is -2.06. The summed E-state index contributed by atoms with van der Waals surface area (Å²) in [6.45, 7) is 1.97. The fourth-order valence-corrected chi connectivity index (χ4v) is 3.59. The summed E-state index contributed by atoms with van der Waals surface area (Å²) in [5, 5.41) is 11.5. The largest absolute Gasteiger partial charge is 0.393 e. The van der Waals surface area contributed by atoms with Crippen molar-refractivity contribution in [3.63, 3.8) is 0 Å². The number of carbonyl (C=O) groups excluding carboxylic acids is 1. The van der Waals surface area contributed by atoms with Crippen LogP contribution >= 0.6 is 0 Å². The number of nitrogens with one attached hydrogen (secondary N) is 1. The fourth-order valence-electron chi connectivity index (χ4n) is 2.58. The minimum absolute atomic E-state index is 0.0769. The Kier molecular flexibility index (Phi) is 8.12. The number of aliphatic hydroxyl groups excluding tert-OH is 1. The van der Waals surface area contributed by atoms with Crippen LogP contribution in [0.25, 0.3) is 0 Å². The molecule has 0 radical (unpaired) electrons. The first-order valence-electron chi connectivity index (χ1n) is 8.69. The number of aryl methyl sites for hydroxylation is 1. The van der Waals surface area contributed by atoms with Gasteiger partial charge in [0.05, 0.1) is 24.5 Å². The van der Waals surface area contributed by atoms with Gasteiger partial charge in [-0.1, -0.05) is 48.0 Å². The van der Waals surface area contributed by atoms with Gasteiger partial charge in [-0.05, 0) is 31.0 Å². The van der Waals surface area contributed by atoms with E-state index < -0.39 is 17.1 Å². The van der Waals surface area contributed by atoms with Crippen molar-refractivity contribution in [2.75, 3.05) is 14.2 Å². The summed E-state index contributed by atoms with van der Waals surface area (Å²) >= 11 is 0. The summed E-state index contributed by atoms with van der Waals surface area (Å²) < 4.78 is 15.8. The molecule has 2 aromatic rings. The molecule has 0 fully saturated rings. The first kappa shape index (κ1) is 21.2. The molecule has 0 aliphatic rings. The Morgan fingerprint density at radius 1 is 1.19 bits per heavy atom. The molecular formula is C20H26N2O4S. The quantitative estimate of drug-likeness (QED) is 0.645. The van der Waals surface area contributed by atoms with Gasteiger partial charge < -0.3 is 5.11 Å². The highest BCUT2D eigenvalue weighted by Crippen LogP contribution is 2.22. The van der Waals surface area contributed by atoms with Crippen LogP contribution in [0.3, 0.4) is 0 Å². The van der Waals surface area contributed by atoms with Crippen molar-refractivity contribution in [1.29, 1.82) is 0 Å². The maximum atomic E-state index is 12.7. The normalized spacial score (nSPS) is 14.4. The lowest BCUT2D eigenvalue weighted by molar-refractivity contribution is -0.170. The van der Waals surface area contributed by atoms with E-state index in [-0.39, 0.29) is 24.8 Å². The number of amides is 1. The van der Waals surface area contributed by atoms with Crippen molar-refractivity contribution < 1.29 is 18.9 Å². The highest BCUT2D eigenvalue weighted by Gasteiger charge is 2.22. The average molecular weight is 391 g/mol. The summed E-state index contributed by atoms with van der Waals surface area (Å²) in [6, 6.07) is 16.5. The molecule has 7 heteroatoms. The average Bonchev–Trinajstić information content (AvgIpc) is 2.67. The maximum Gasteiger partial charge on any atom is 0.248 e. The van der Waals surface area contributed by atoms with E-state index in [0.29, 0.717) is 4.90 Å². The molecule has 27 heavy (non-hydrogen) atoms. The zero-order chi connectivity index (χ0) is 19.8. The molecule has 0 spiro atoms. The Morgan fingerprint density at radius 2 is 1.81 bits per heavy atom. The zero-order valence-corrected chi connectivity index (χ0v) is 16.6. The van der Waals surface area contributed by atoms with E-state index in [1.165, 1.54) is 14.2 Å². The minimum Gasteiger partial charge on any atom is -0.393 e. The van der Waals surface area contributed by atoms with Crippen molar-refractivity contribution in [2.45, 2.75) is 36.8 Å². The Labute approximate surface area is 162 Å². The van der Waals surface area contributed by atoms with Crippen LogP contribution in [0.1, 0.15) is 30.0 Å². The van der Waals surface area contributed by atoms with Gasteiger partial charge in [0.2, 0.25) is 5.91 Å². The highest BCUT2D eigenvalue weighted by molar-refractivity contribution is 7.83. The zero-order valence-electron chi connectivity index (χ0n) is 15.8. The molecule has 2 N–H and O–H groups in total. The van der Waals surface area contributed by atoms with Crippen LogP contribution in [0.15, 0.2) is 59.5 Å². The standard InChI is InChI=1S/C20H26N2O4S/c1-15-9-11-18(12-10-15)27(25)21-19(16-7-5-4-6-8-16)13-17(23)14-20(24)22(2)26-3/h4-12,17,19,21,23H,13-14H2,1-3H3/t17-,19+,27-/m0/s1. The van der Waals surface area contributed by atoms with Crippen LogP contribution in [-0.4, -0.2) is 40.5 Å². The molecule has 0 bridgehead atoms. The molecular weight excluding hydrogens is 364 g/mol. The molecule has 0 unspecified atom stereocenters. The summed E-state index contributed by atoms with van der Waals surface area (Å²) in [6.07, 6.45) is -0.736. The maximum absolute atomic E-state index is 12.7. The number of nitrogens with zero attached hydrogens (tertiary/aromatic N) is 1. The molecule has 0 heterocycles. The van der Waals surface area contributed by atoms with Gasteiger partial charge in [0, 0.05) is 13.1 Å². The smallest absolute Gasteiger partial charge is 0.248 e. The lowest BCUT2D eigenvalue weighted by Crippen LogP contribution is -2.32. The minimum atomic E-state index is -1.44. The molecule has 2 aromatic carbocycles. The van der Waals surface area contributed by atoms with Crippen LogP contribution < -0.4 is 4.72 Å². The first-order valence-corrected chi connectivity index (χ1v) is 9.84. The molecule has 1 amide bonds. The third-order valence-corrected chi connectivity index (χ3v) is 5.43. The van der Waals surface area contributed by atoms with Crippen LogP contribution in [0.4, 0.5) is 0 Å². The van der Waals surface area contributed by atoms with E-state index in [4.69, 9.17) is 4.84 Å².